The Balaban J connectivity index is 2.46. The number of nitrogens with one attached hydrogen (secondary N) is 1. The zero-order valence-electron chi connectivity index (χ0n) is 13.2. The number of thiocarbonyl (C=S) groups is 1. The Bertz CT molecular complexity index is 793. The molecule has 0 heterocycles. The zero-order valence-corrected chi connectivity index (χ0v) is 14.0. The Labute approximate surface area is 146 Å². The summed E-state index contributed by atoms with van der Waals surface area (Å²) in [6.45, 7) is 1.88. The zero-order chi connectivity index (χ0) is 17.4. The lowest BCUT2D eigenvalue weighted by Crippen LogP contribution is -2.24. The summed E-state index contributed by atoms with van der Waals surface area (Å²) in [5, 5.41) is 12.5. The van der Waals surface area contributed by atoms with E-state index in [1.165, 1.54) is 0 Å². The maximum absolute atomic E-state index is 12.1. The maximum Gasteiger partial charge on any atom is 0.351 e. The van der Waals surface area contributed by atoms with Crippen molar-refractivity contribution in [3.63, 3.8) is 0 Å². The summed E-state index contributed by atoms with van der Waals surface area (Å²) in [6, 6.07) is 20.4. The van der Waals surface area contributed by atoms with Gasteiger partial charge >= 0.3 is 5.97 Å². The third kappa shape index (κ3) is 4.28. The van der Waals surface area contributed by atoms with Gasteiger partial charge in [0.05, 0.1) is 12.3 Å². The standard InChI is InChI=1S/C19H16N2O2S/c1-2-23-19(22)16(13-20)17(14-9-5-3-6-10-14)21-18(24)15-11-7-4-8-12-15/h3-12H,2H2,1H3,(H,21,24)/b17-16+. The van der Waals surface area contributed by atoms with E-state index in [9.17, 15) is 10.1 Å². The third-order valence-corrected chi connectivity index (χ3v) is 3.52. The lowest BCUT2D eigenvalue weighted by Gasteiger charge is -2.14. The fraction of sp³-hybridized carbons (Fsp3) is 0.105. The highest BCUT2D eigenvalue weighted by molar-refractivity contribution is 7.80. The van der Waals surface area contributed by atoms with Gasteiger partial charge < -0.3 is 10.1 Å². The first-order chi connectivity index (χ1) is 11.7. The molecule has 0 aliphatic carbocycles. The minimum absolute atomic E-state index is 0.110. The average molecular weight is 336 g/mol. The molecule has 0 fully saturated rings. The molecule has 120 valence electrons. The van der Waals surface area contributed by atoms with E-state index in [-0.39, 0.29) is 12.2 Å². The van der Waals surface area contributed by atoms with E-state index in [4.69, 9.17) is 17.0 Å². The molecule has 4 nitrogen and oxygen atoms in total. The normalized spacial score (nSPS) is 11.0. The lowest BCUT2D eigenvalue weighted by molar-refractivity contribution is -0.137. The van der Waals surface area contributed by atoms with Crippen LogP contribution in [-0.2, 0) is 9.53 Å². The molecule has 5 heteroatoms. The van der Waals surface area contributed by atoms with Crippen LogP contribution in [0.3, 0.4) is 0 Å². The van der Waals surface area contributed by atoms with Crippen molar-refractivity contribution >= 4 is 28.9 Å². The van der Waals surface area contributed by atoms with Crippen LogP contribution in [-0.4, -0.2) is 17.6 Å². The highest BCUT2D eigenvalue weighted by Crippen LogP contribution is 2.18. The van der Waals surface area contributed by atoms with E-state index >= 15 is 0 Å². The van der Waals surface area contributed by atoms with Gasteiger partial charge in [-0.2, -0.15) is 5.26 Å². The average Bonchev–Trinajstić information content (AvgIpc) is 2.63. The van der Waals surface area contributed by atoms with Gasteiger partial charge in [-0.25, -0.2) is 4.79 Å². The van der Waals surface area contributed by atoms with E-state index in [0.717, 1.165) is 5.56 Å². The molecule has 0 spiro atoms. The summed E-state index contributed by atoms with van der Waals surface area (Å²) in [5.41, 5.74) is 1.70. The Morgan fingerprint density at radius 3 is 2.12 bits per heavy atom. The van der Waals surface area contributed by atoms with E-state index in [2.05, 4.69) is 5.32 Å². The van der Waals surface area contributed by atoms with Crippen molar-refractivity contribution in [2.45, 2.75) is 6.92 Å². The number of esters is 1. The highest BCUT2D eigenvalue weighted by atomic mass is 32.1. The van der Waals surface area contributed by atoms with Crippen LogP contribution in [0, 0.1) is 11.3 Å². The molecule has 0 saturated heterocycles. The van der Waals surface area contributed by atoms with E-state index in [1.807, 2.05) is 54.6 Å². The molecule has 24 heavy (non-hydrogen) atoms. The molecule has 2 rings (SSSR count). The van der Waals surface area contributed by atoms with E-state index < -0.39 is 5.97 Å². The number of nitriles is 1. The van der Waals surface area contributed by atoms with Crippen molar-refractivity contribution in [3.8, 4) is 6.07 Å². The topological polar surface area (TPSA) is 62.1 Å². The van der Waals surface area contributed by atoms with Crippen molar-refractivity contribution in [1.29, 1.82) is 5.26 Å². The summed E-state index contributed by atoms with van der Waals surface area (Å²) in [6.07, 6.45) is 0. The SMILES string of the molecule is CCOC(=O)/C(C#N)=C(/NC(=S)c1ccccc1)c1ccccc1. The first kappa shape index (κ1) is 17.4. The van der Waals surface area contributed by atoms with Gasteiger partial charge in [-0.05, 0) is 12.5 Å². The maximum atomic E-state index is 12.1. The lowest BCUT2D eigenvalue weighted by atomic mass is 10.1. The molecular formula is C19H16N2O2S. The molecule has 1 N–H and O–H groups in total. The second-order valence-corrected chi connectivity index (χ2v) is 5.18. The number of carbonyl (C=O) groups excluding carboxylic acids is 1. The van der Waals surface area contributed by atoms with Crippen LogP contribution in [0.1, 0.15) is 18.1 Å². The number of benzene rings is 2. The predicted octanol–water partition coefficient (Wildman–Crippen LogP) is 3.45. The summed E-state index contributed by atoms with van der Waals surface area (Å²) < 4.78 is 4.98. The monoisotopic (exact) mass is 336 g/mol. The first-order valence-electron chi connectivity index (χ1n) is 7.40. The minimum atomic E-state index is -0.679. The second kappa shape index (κ2) is 8.61. The van der Waals surface area contributed by atoms with Gasteiger partial charge in [0, 0.05) is 5.56 Å². The Morgan fingerprint density at radius 2 is 1.62 bits per heavy atom. The Kier molecular flexibility index (Phi) is 6.23. The minimum Gasteiger partial charge on any atom is -0.462 e. The van der Waals surface area contributed by atoms with Gasteiger partial charge in [-0.15, -0.1) is 0 Å². The molecule has 2 aromatic carbocycles. The predicted molar refractivity (Wildman–Crippen MR) is 96.9 cm³/mol. The van der Waals surface area contributed by atoms with Crippen molar-refractivity contribution < 1.29 is 9.53 Å². The fourth-order valence-corrected chi connectivity index (χ4v) is 2.30. The quantitative estimate of drug-likeness (QED) is 0.392. The van der Waals surface area contributed by atoms with Crippen LogP contribution in [0.2, 0.25) is 0 Å². The number of ether oxygens (including phenoxy) is 1. The molecule has 2 aromatic rings. The first-order valence-corrected chi connectivity index (χ1v) is 7.81. The van der Waals surface area contributed by atoms with Gasteiger partial charge in [0.15, 0.2) is 5.57 Å². The summed E-state index contributed by atoms with van der Waals surface area (Å²) in [7, 11) is 0. The molecule has 0 atom stereocenters. The van der Waals surface area contributed by atoms with Crippen molar-refractivity contribution in [2.75, 3.05) is 6.61 Å². The third-order valence-electron chi connectivity index (χ3n) is 3.18. The summed E-state index contributed by atoms with van der Waals surface area (Å²) in [5.74, 6) is -0.679. The van der Waals surface area contributed by atoms with Gasteiger partial charge in [0.1, 0.15) is 11.1 Å². The van der Waals surface area contributed by atoms with Gasteiger partial charge in [-0.3, -0.25) is 0 Å². The summed E-state index contributed by atoms with van der Waals surface area (Å²) in [4.78, 5) is 12.5. The van der Waals surface area contributed by atoms with Crippen LogP contribution in [0.5, 0.6) is 0 Å². The molecule has 0 aromatic heterocycles. The summed E-state index contributed by atoms with van der Waals surface area (Å²) >= 11 is 5.41. The number of hydrogen-bond acceptors (Lipinski definition) is 4. The second-order valence-electron chi connectivity index (χ2n) is 4.77. The van der Waals surface area contributed by atoms with Crippen LogP contribution in [0.25, 0.3) is 5.70 Å². The largest absolute Gasteiger partial charge is 0.462 e. The van der Waals surface area contributed by atoms with Crippen molar-refractivity contribution in [1.82, 2.24) is 5.32 Å². The Hall–Kier alpha value is -2.97. The van der Waals surface area contributed by atoms with Crippen LogP contribution in [0.4, 0.5) is 0 Å². The molecular weight excluding hydrogens is 320 g/mol. The Morgan fingerprint density at radius 1 is 1.08 bits per heavy atom. The van der Waals surface area contributed by atoms with Gasteiger partial charge in [0.25, 0.3) is 0 Å². The molecule has 0 aliphatic rings. The van der Waals surface area contributed by atoms with Crippen molar-refractivity contribution in [2.24, 2.45) is 0 Å². The smallest absolute Gasteiger partial charge is 0.351 e. The molecule has 0 radical (unpaired) electrons. The number of carbonyl (C=O) groups is 1. The molecule has 0 aliphatic heterocycles. The van der Waals surface area contributed by atoms with Crippen molar-refractivity contribution in [3.05, 3.63) is 77.4 Å². The van der Waals surface area contributed by atoms with E-state index in [1.54, 1.807) is 19.1 Å². The van der Waals surface area contributed by atoms with Crippen LogP contribution in [0.15, 0.2) is 66.2 Å². The van der Waals surface area contributed by atoms with Crippen LogP contribution < -0.4 is 5.32 Å². The van der Waals surface area contributed by atoms with Gasteiger partial charge in [-0.1, -0.05) is 72.9 Å². The number of rotatable bonds is 5. The molecule has 0 unspecified atom stereocenters. The number of nitrogens with zero attached hydrogens (tertiary/aromatic N) is 1. The fourth-order valence-electron chi connectivity index (χ4n) is 2.07. The molecule has 0 bridgehead atoms. The number of hydrogen-bond donors (Lipinski definition) is 1. The van der Waals surface area contributed by atoms with E-state index in [0.29, 0.717) is 16.2 Å². The molecule has 0 saturated carbocycles. The molecule has 0 amide bonds. The van der Waals surface area contributed by atoms with Gasteiger partial charge in [0.2, 0.25) is 0 Å². The highest BCUT2D eigenvalue weighted by Gasteiger charge is 2.19. The van der Waals surface area contributed by atoms with Crippen LogP contribution >= 0.6 is 12.2 Å².